The molecule has 2 aromatic rings. The van der Waals surface area contributed by atoms with E-state index in [0.717, 1.165) is 24.0 Å². The van der Waals surface area contributed by atoms with Crippen LogP contribution < -0.4 is 0 Å². The van der Waals surface area contributed by atoms with E-state index in [9.17, 15) is 4.79 Å². The van der Waals surface area contributed by atoms with Gasteiger partial charge in [-0.15, -0.1) is 0 Å². The monoisotopic (exact) mass is 212 g/mol. The smallest absolute Gasteiger partial charge is 0.120 e. The first-order chi connectivity index (χ1) is 7.90. The summed E-state index contributed by atoms with van der Waals surface area (Å²) in [6, 6.07) is 11.8. The second-order valence-corrected chi connectivity index (χ2v) is 3.51. The number of hydrogen-bond acceptors (Lipinski definition) is 3. The topological polar surface area (TPSA) is 42.9 Å². The Morgan fingerprint density at radius 3 is 2.56 bits per heavy atom. The number of aryl methyl sites for hydroxylation is 1. The van der Waals surface area contributed by atoms with Crippen LogP contribution in [0.5, 0.6) is 0 Å². The van der Waals surface area contributed by atoms with E-state index in [2.05, 4.69) is 10.2 Å². The van der Waals surface area contributed by atoms with Gasteiger partial charge in [0.2, 0.25) is 0 Å². The summed E-state index contributed by atoms with van der Waals surface area (Å²) in [6.45, 7) is 0. The lowest BCUT2D eigenvalue weighted by Gasteiger charge is -2.01. The molecule has 0 aliphatic carbocycles. The van der Waals surface area contributed by atoms with E-state index in [1.807, 2.05) is 36.4 Å². The number of carbonyl (C=O) groups is 1. The van der Waals surface area contributed by atoms with Gasteiger partial charge < -0.3 is 4.79 Å². The van der Waals surface area contributed by atoms with Crippen molar-refractivity contribution in [3.05, 3.63) is 48.2 Å². The molecule has 3 heteroatoms. The van der Waals surface area contributed by atoms with Crippen molar-refractivity contribution in [3.8, 4) is 11.3 Å². The second kappa shape index (κ2) is 5.16. The van der Waals surface area contributed by atoms with Gasteiger partial charge in [-0.25, -0.2) is 0 Å². The van der Waals surface area contributed by atoms with E-state index in [-0.39, 0.29) is 0 Å². The minimum Gasteiger partial charge on any atom is -0.303 e. The van der Waals surface area contributed by atoms with Crippen LogP contribution in [0.2, 0.25) is 0 Å². The Morgan fingerprint density at radius 1 is 1.12 bits per heavy atom. The summed E-state index contributed by atoms with van der Waals surface area (Å²) in [5.74, 6) is 0. The molecule has 3 nitrogen and oxygen atoms in total. The van der Waals surface area contributed by atoms with Gasteiger partial charge in [0.15, 0.2) is 0 Å². The maximum absolute atomic E-state index is 10.2. The van der Waals surface area contributed by atoms with Crippen LogP contribution in [0.3, 0.4) is 0 Å². The molecule has 0 unspecified atom stereocenters. The highest BCUT2D eigenvalue weighted by molar-refractivity contribution is 5.58. The molecule has 1 heterocycles. The van der Waals surface area contributed by atoms with Gasteiger partial charge in [0.25, 0.3) is 0 Å². The number of hydrogen-bond donors (Lipinski definition) is 0. The number of aldehydes is 1. The molecule has 0 N–H and O–H groups in total. The van der Waals surface area contributed by atoms with Crippen molar-refractivity contribution < 1.29 is 4.79 Å². The van der Waals surface area contributed by atoms with Gasteiger partial charge >= 0.3 is 0 Å². The van der Waals surface area contributed by atoms with Crippen molar-refractivity contribution in [2.24, 2.45) is 0 Å². The number of carbonyl (C=O) groups excluding carboxylic acids is 1. The normalized spacial score (nSPS) is 10.0. The molecule has 0 bridgehead atoms. The van der Waals surface area contributed by atoms with E-state index >= 15 is 0 Å². The van der Waals surface area contributed by atoms with Gasteiger partial charge in [0, 0.05) is 18.2 Å². The van der Waals surface area contributed by atoms with Crippen LogP contribution in [-0.2, 0) is 11.2 Å². The Labute approximate surface area is 94.2 Å². The Balaban J connectivity index is 2.16. The average Bonchev–Trinajstić information content (AvgIpc) is 2.38. The zero-order chi connectivity index (χ0) is 11.2. The van der Waals surface area contributed by atoms with E-state index < -0.39 is 0 Å². The van der Waals surface area contributed by atoms with E-state index in [1.165, 1.54) is 5.56 Å². The molecular formula is C13H12N2O. The van der Waals surface area contributed by atoms with Crippen LogP contribution in [0, 0.1) is 0 Å². The highest BCUT2D eigenvalue weighted by Crippen LogP contribution is 2.16. The number of benzene rings is 1. The summed E-state index contributed by atoms with van der Waals surface area (Å²) >= 11 is 0. The predicted octanol–water partition coefficient (Wildman–Crippen LogP) is 2.28. The molecule has 1 aromatic heterocycles. The summed E-state index contributed by atoms with van der Waals surface area (Å²) in [7, 11) is 0. The van der Waals surface area contributed by atoms with Gasteiger partial charge in [0.05, 0.1) is 5.69 Å². The molecule has 0 aliphatic heterocycles. The van der Waals surface area contributed by atoms with Crippen molar-refractivity contribution in [1.82, 2.24) is 10.2 Å². The third-order valence-electron chi connectivity index (χ3n) is 2.37. The van der Waals surface area contributed by atoms with Gasteiger partial charge in [0.1, 0.15) is 6.29 Å². The summed E-state index contributed by atoms with van der Waals surface area (Å²) in [5, 5.41) is 7.87. The summed E-state index contributed by atoms with van der Waals surface area (Å²) < 4.78 is 0. The lowest BCUT2D eigenvalue weighted by Crippen LogP contribution is -1.88. The Kier molecular flexibility index (Phi) is 3.38. The molecule has 0 atom stereocenters. The second-order valence-electron chi connectivity index (χ2n) is 3.51. The SMILES string of the molecule is O=CCCc1ccc(-c2cccnn2)cc1. The third kappa shape index (κ3) is 2.51. The molecule has 0 spiro atoms. The van der Waals surface area contributed by atoms with Gasteiger partial charge in [-0.2, -0.15) is 10.2 Å². The maximum Gasteiger partial charge on any atom is 0.120 e. The van der Waals surface area contributed by atoms with Crippen LogP contribution >= 0.6 is 0 Å². The van der Waals surface area contributed by atoms with Crippen LogP contribution in [0.25, 0.3) is 11.3 Å². The summed E-state index contributed by atoms with van der Waals surface area (Å²) in [6.07, 6.45) is 3.97. The summed E-state index contributed by atoms with van der Waals surface area (Å²) in [5.41, 5.74) is 3.08. The van der Waals surface area contributed by atoms with Gasteiger partial charge in [-0.3, -0.25) is 0 Å². The first-order valence-electron chi connectivity index (χ1n) is 5.21. The minimum absolute atomic E-state index is 0.574. The van der Waals surface area contributed by atoms with Crippen LogP contribution in [-0.4, -0.2) is 16.5 Å². The van der Waals surface area contributed by atoms with Crippen LogP contribution in [0.1, 0.15) is 12.0 Å². The molecule has 0 aliphatic rings. The highest BCUT2D eigenvalue weighted by atomic mass is 16.1. The van der Waals surface area contributed by atoms with E-state index in [0.29, 0.717) is 6.42 Å². The van der Waals surface area contributed by atoms with Crippen molar-refractivity contribution in [1.29, 1.82) is 0 Å². The predicted molar refractivity (Wildman–Crippen MR) is 61.9 cm³/mol. The quantitative estimate of drug-likeness (QED) is 0.730. The first-order valence-corrected chi connectivity index (χ1v) is 5.21. The van der Waals surface area contributed by atoms with Crippen LogP contribution in [0.4, 0.5) is 0 Å². The Hall–Kier alpha value is -2.03. The molecular weight excluding hydrogens is 200 g/mol. The lowest BCUT2D eigenvalue weighted by molar-refractivity contribution is -0.107. The molecule has 0 radical (unpaired) electrons. The van der Waals surface area contributed by atoms with E-state index in [1.54, 1.807) is 6.20 Å². The molecule has 2 rings (SSSR count). The average molecular weight is 212 g/mol. The van der Waals surface area contributed by atoms with Crippen molar-refractivity contribution in [2.45, 2.75) is 12.8 Å². The number of aromatic nitrogens is 2. The van der Waals surface area contributed by atoms with Crippen LogP contribution in [0.15, 0.2) is 42.6 Å². The minimum atomic E-state index is 0.574. The molecule has 0 fully saturated rings. The molecule has 0 saturated heterocycles. The standard InChI is InChI=1S/C13H12N2O/c16-10-2-3-11-5-7-12(8-6-11)13-4-1-9-14-15-13/h1,4-10H,2-3H2. The lowest BCUT2D eigenvalue weighted by atomic mass is 10.1. The van der Waals surface area contributed by atoms with Crippen molar-refractivity contribution in [2.75, 3.05) is 0 Å². The summed E-state index contributed by atoms with van der Waals surface area (Å²) in [4.78, 5) is 10.2. The van der Waals surface area contributed by atoms with Crippen molar-refractivity contribution in [3.63, 3.8) is 0 Å². The largest absolute Gasteiger partial charge is 0.303 e. The molecule has 0 saturated carbocycles. The van der Waals surface area contributed by atoms with Gasteiger partial charge in [-0.1, -0.05) is 24.3 Å². The maximum atomic E-state index is 10.2. The number of nitrogens with zero attached hydrogens (tertiary/aromatic N) is 2. The zero-order valence-corrected chi connectivity index (χ0v) is 8.84. The molecule has 0 amide bonds. The third-order valence-corrected chi connectivity index (χ3v) is 2.37. The Morgan fingerprint density at radius 2 is 1.94 bits per heavy atom. The molecule has 80 valence electrons. The molecule has 16 heavy (non-hydrogen) atoms. The Bertz CT molecular complexity index is 451. The van der Waals surface area contributed by atoms with E-state index in [4.69, 9.17) is 0 Å². The van der Waals surface area contributed by atoms with Gasteiger partial charge in [-0.05, 0) is 24.1 Å². The highest BCUT2D eigenvalue weighted by Gasteiger charge is 1.98. The fraction of sp³-hybridized carbons (Fsp3) is 0.154. The zero-order valence-electron chi connectivity index (χ0n) is 8.84. The molecule has 1 aromatic carbocycles. The fourth-order valence-electron chi connectivity index (χ4n) is 1.52. The first kappa shape index (κ1) is 10.5. The van der Waals surface area contributed by atoms with Crippen molar-refractivity contribution >= 4 is 6.29 Å². The fourth-order valence-corrected chi connectivity index (χ4v) is 1.52. The number of rotatable bonds is 4.